The van der Waals surface area contributed by atoms with E-state index in [1.807, 2.05) is 0 Å². The van der Waals surface area contributed by atoms with Crippen LogP contribution in [0.5, 0.6) is 0 Å². The SMILES string of the molecule is Cc1c(C(C)(C)C)cc(C(C)(C)C)c(C)c1C1=CC=CC(=O)C1=O. The highest BCUT2D eigenvalue weighted by atomic mass is 16.2. The first-order valence-electron chi connectivity index (χ1n) is 8.48. The summed E-state index contributed by atoms with van der Waals surface area (Å²) in [4.78, 5) is 24.4. The Bertz CT molecular complexity index is 737. The van der Waals surface area contributed by atoms with E-state index in [0.717, 1.165) is 16.7 Å². The number of hydrogen-bond donors (Lipinski definition) is 0. The van der Waals surface area contributed by atoms with Crippen LogP contribution in [0.3, 0.4) is 0 Å². The molecule has 0 saturated carbocycles. The minimum atomic E-state index is -0.440. The van der Waals surface area contributed by atoms with Crippen LogP contribution < -0.4 is 0 Å². The monoisotopic (exact) mass is 324 g/mol. The van der Waals surface area contributed by atoms with Gasteiger partial charge in [-0.05, 0) is 58.6 Å². The van der Waals surface area contributed by atoms with Gasteiger partial charge in [0, 0.05) is 5.57 Å². The molecule has 0 unspecified atom stereocenters. The van der Waals surface area contributed by atoms with E-state index >= 15 is 0 Å². The normalized spacial score (nSPS) is 15.8. The van der Waals surface area contributed by atoms with E-state index in [-0.39, 0.29) is 10.8 Å². The lowest BCUT2D eigenvalue weighted by Gasteiger charge is -2.31. The molecule has 0 bridgehead atoms. The maximum Gasteiger partial charge on any atom is 0.233 e. The van der Waals surface area contributed by atoms with E-state index in [2.05, 4.69) is 61.5 Å². The van der Waals surface area contributed by atoms with E-state index in [1.54, 1.807) is 12.2 Å². The molecule has 128 valence electrons. The van der Waals surface area contributed by atoms with Crippen molar-refractivity contribution in [2.45, 2.75) is 66.2 Å². The van der Waals surface area contributed by atoms with E-state index in [9.17, 15) is 9.59 Å². The highest BCUT2D eigenvalue weighted by molar-refractivity contribution is 6.58. The van der Waals surface area contributed by atoms with Gasteiger partial charge in [0.1, 0.15) is 0 Å². The molecule has 2 heteroatoms. The zero-order valence-corrected chi connectivity index (χ0v) is 16.1. The molecule has 0 heterocycles. The second-order valence-corrected chi connectivity index (χ2v) is 8.73. The Morgan fingerprint density at radius 3 is 1.67 bits per heavy atom. The van der Waals surface area contributed by atoms with E-state index in [4.69, 9.17) is 0 Å². The lowest BCUT2D eigenvalue weighted by molar-refractivity contribution is -0.130. The van der Waals surface area contributed by atoms with Crippen molar-refractivity contribution >= 4 is 17.1 Å². The summed E-state index contributed by atoms with van der Waals surface area (Å²) in [5, 5.41) is 0. The summed E-state index contributed by atoms with van der Waals surface area (Å²) in [7, 11) is 0. The summed E-state index contributed by atoms with van der Waals surface area (Å²) in [6, 6.07) is 2.28. The van der Waals surface area contributed by atoms with Crippen LogP contribution in [0.1, 0.15) is 69.4 Å². The highest BCUT2D eigenvalue weighted by Gasteiger charge is 2.30. The Hall–Kier alpha value is -1.96. The second-order valence-electron chi connectivity index (χ2n) is 8.73. The average molecular weight is 324 g/mol. The predicted octanol–water partition coefficient (Wildman–Crippen LogP) is 4.99. The van der Waals surface area contributed by atoms with Gasteiger partial charge >= 0.3 is 0 Å². The van der Waals surface area contributed by atoms with Crippen molar-refractivity contribution in [1.82, 2.24) is 0 Å². The lowest BCUT2D eigenvalue weighted by Crippen LogP contribution is -2.23. The van der Waals surface area contributed by atoms with Crippen LogP contribution in [0.2, 0.25) is 0 Å². The highest BCUT2D eigenvalue weighted by Crippen LogP contribution is 2.39. The topological polar surface area (TPSA) is 34.1 Å². The molecule has 1 aromatic rings. The van der Waals surface area contributed by atoms with Crippen LogP contribution in [0.15, 0.2) is 24.3 Å². The number of allylic oxidation sites excluding steroid dienone is 4. The Labute approximate surface area is 145 Å². The van der Waals surface area contributed by atoms with Crippen LogP contribution in [-0.2, 0) is 20.4 Å². The predicted molar refractivity (Wildman–Crippen MR) is 100 cm³/mol. The molecule has 0 aromatic heterocycles. The van der Waals surface area contributed by atoms with E-state index in [0.29, 0.717) is 5.57 Å². The number of ketones is 2. The Morgan fingerprint density at radius 1 is 0.792 bits per heavy atom. The largest absolute Gasteiger partial charge is 0.286 e. The molecule has 0 spiro atoms. The molecule has 0 N–H and O–H groups in total. The maximum absolute atomic E-state index is 12.5. The summed E-state index contributed by atoms with van der Waals surface area (Å²) >= 11 is 0. The summed E-state index contributed by atoms with van der Waals surface area (Å²) in [5.74, 6) is -0.848. The van der Waals surface area contributed by atoms with Gasteiger partial charge in [-0.2, -0.15) is 0 Å². The number of benzene rings is 1. The van der Waals surface area contributed by atoms with Crippen molar-refractivity contribution in [2.24, 2.45) is 0 Å². The minimum absolute atomic E-state index is 0.0370. The van der Waals surface area contributed by atoms with E-state index < -0.39 is 11.6 Å². The first kappa shape index (κ1) is 18.4. The van der Waals surface area contributed by atoms with E-state index in [1.165, 1.54) is 17.2 Å². The summed E-state index contributed by atoms with van der Waals surface area (Å²) in [6.45, 7) is 17.2. The van der Waals surface area contributed by atoms with Gasteiger partial charge in [-0.25, -0.2) is 0 Å². The third-order valence-electron chi connectivity index (χ3n) is 4.71. The van der Waals surface area contributed by atoms with Gasteiger partial charge in [-0.15, -0.1) is 0 Å². The standard InChI is InChI=1S/C22H28O2/c1-13-16(21(3,4)5)12-17(22(6,7)8)14(2)19(13)15-10-9-11-18(23)20(15)24/h9-12H,1-8H3. The molecule has 1 aliphatic rings. The molecule has 1 aromatic carbocycles. The van der Waals surface area contributed by atoms with Gasteiger partial charge in [-0.1, -0.05) is 59.8 Å². The molecule has 24 heavy (non-hydrogen) atoms. The van der Waals surface area contributed by atoms with Gasteiger partial charge in [0.2, 0.25) is 11.6 Å². The van der Waals surface area contributed by atoms with Crippen LogP contribution >= 0.6 is 0 Å². The van der Waals surface area contributed by atoms with Crippen LogP contribution in [0.4, 0.5) is 0 Å². The zero-order valence-electron chi connectivity index (χ0n) is 16.1. The fraction of sp³-hybridized carbons (Fsp3) is 0.455. The lowest BCUT2D eigenvalue weighted by atomic mass is 9.73. The molecular weight excluding hydrogens is 296 g/mol. The van der Waals surface area contributed by atoms with Gasteiger partial charge in [-0.3, -0.25) is 9.59 Å². The zero-order chi connectivity index (χ0) is 18.4. The molecule has 2 nitrogen and oxygen atoms in total. The van der Waals surface area contributed by atoms with Crippen LogP contribution in [-0.4, -0.2) is 11.6 Å². The molecule has 0 saturated heterocycles. The minimum Gasteiger partial charge on any atom is -0.286 e. The number of Topliss-reactive ketones (excluding diaryl/α,β-unsaturated/α-hetero) is 1. The average Bonchev–Trinajstić information content (AvgIpc) is 2.40. The molecule has 0 radical (unpaired) electrons. The summed E-state index contributed by atoms with van der Waals surface area (Å²) in [6.07, 6.45) is 4.80. The fourth-order valence-corrected chi connectivity index (χ4v) is 3.59. The summed E-state index contributed by atoms with van der Waals surface area (Å²) < 4.78 is 0. The van der Waals surface area contributed by atoms with Gasteiger partial charge in [0.15, 0.2) is 0 Å². The molecule has 0 amide bonds. The molecule has 2 rings (SSSR count). The first-order chi connectivity index (χ1) is 10.9. The Kier molecular flexibility index (Phi) is 4.47. The Balaban J connectivity index is 2.90. The molecule has 1 aliphatic carbocycles. The van der Waals surface area contributed by atoms with Crippen molar-refractivity contribution in [2.75, 3.05) is 0 Å². The molecule has 0 fully saturated rings. The van der Waals surface area contributed by atoms with Crippen molar-refractivity contribution in [3.05, 3.63) is 52.1 Å². The maximum atomic E-state index is 12.5. The molecule has 0 aliphatic heterocycles. The summed E-state index contributed by atoms with van der Waals surface area (Å²) in [5.41, 5.74) is 6.01. The number of rotatable bonds is 1. The van der Waals surface area contributed by atoms with Gasteiger partial charge in [0.05, 0.1) is 0 Å². The third-order valence-corrected chi connectivity index (χ3v) is 4.71. The number of carbonyl (C=O) groups is 2. The van der Waals surface area contributed by atoms with Crippen LogP contribution in [0.25, 0.3) is 5.57 Å². The van der Waals surface area contributed by atoms with Gasteiger partial charge < -0.3 is 0 Å². The second kappa shape index (κ2) is 5.84. The number of carbonyl (C=O) groups excluding carboxylic acids is 2. The Morgan fingerprint density at radius 2 is 1.25 bits per heavy atom. The van der Waals surface area contributed by atoms with Crippen molar-refractivity contribution in [3.63, 3.8) is 0 Å². The smallest absolute Gasteiger partial charge is 0.233 e. The van der Waals surface area contributed by atoms with Crippen molar-refractivity contribution in [1.29, 1.82) is 0 Å². The van der Waals surface area contributed by atoms with Crippen molar-refractivity contribution < 1.29 is 9.59 Å². The van der Waals surface area contributed by atoms with Gasteiger partial charge in [0.25, 0.3) is 0 Å². The molecule has 0 atom stereocenters. The fourth-order valence-electron chi connectivity index (χ4n) is 3.59. The quantitative estimate of drug-likeness (QED) is 0.539. The third kappa shape index (κ3) is 3.15. The van der Waals surface area contributed by atoms with Crippen LogP contribution in [0, 0.1) is 13.8 Å². The van der Waals surface area contributed by atoms with Crippen molar-refractivity contribution in [3.8, 4) is 0 Å². The first-order valence-corrected chi connectivity index (χ1v) is 8.48. The molecular formula is C22H28O2. The number of hydrogen-bond acceptors (Lipinski definition) is 2.